The van der Waals surface area contributed by atoms with Gasteiger partial charge >= 0.3 is 0 Å². The average molecular weight is 215 g/mol. The van der Waals surface area contributed by atoms with Crippen LogP contribution in [0.2, 0.25) is 0 Å². The molecule has 0 atom stereocenters. The van der Waals surface area contributed by atoms with Gasteiger partial charge in [-0.3, -0.25) is 4.79 Å². The normalized spacial score (nSPS) is 16.0. The van der Waals surface area contributed by atoms with Crippen LogP contribution >= 0.6 is 0 Å². The average Bonchev–Trinajstić information content (AvgIpc) is 2.83. The van der Waals surface area contributed by atoms with Gasteiger partial charge in [0.1, 0.15) is 0 Å². The third-order valence-corrected chi connectivity index (χ3v) is 3.14. The van der Waals surface area contributed by atoms with Gasteiger partial charge in [-0.1, -0.05) is 37.6 Å². The molecule has 1 aromatic rings. The Bertz CT molecular complexity index is 374. The fourth-order valence-electron chi connectivity index (χ4n) is 2.13. The fourth-order valence-corrected chi connectivity index (χ4v) is 2.13. The Balaban J connectivity index is 1.97. The van der Waals surface area contributed by atoms with Gasteiger partial charge in [0.2, 0.25) is 5.91 Å². The zero-order valence-corrected chi connectivity index (χ0v) is 9.41. The third-order valence-electron chi connectivity index (χ3n) is 3.14. The van der Waals surface area contributed by atoms with E-state index in [1.807, 2.05) is 24.3 Å². The Morgan fingerprint density at radius 3 is 2.44 bits per heavy atom. The molecule has 1 aliphatic carbocycles. The predicted molar refractivity (Wildman–Crippen MR) is 67.1 cm³/mol. The molecule has 0 saturated heterocycles. The number of amides is 1. The molecule has 1 aromatic carbocycles. The summed E-state index contributed by atoms with van der Waals surface area (Å²) in [5.74, 6) is 0.392. The maximum Gasteiger partial charge on any atom is 0.227 e. The van der Waals surface area contributed by atoms with Crippen LogP contribution < -0.4 is 5.32 Å². The molecule has 1 saturated carbocycles. The maximum absolute atomic E-state index is 11.8. The summed E-state index contributed by atoms with van der Waals surface area (Å²) in [6.45, 7) is 3.70. The van der Waals surface area contributed by atoms with E-state index in [-0.39, 0.29) is 11.8 Å². The fraction of sp³-hybridized carbons (Fsp3) is 0.357. The highest BCUT2D eigenvalue weighted by molar-refractivity contribution is 5.92. The Morgan fingerprint density at radius 2 is 1.88 bits per heavy atom. The summed E-state index contributed by atoms with van der Waals surface area (Å²) in [4.78, 5) is 11.8. The number of hydrogen-bond donors (Lipinski definition) is 1. The smallest absolute Gasteiger partial charge is 0.227 e. The number of rotatable bonds is 3. The SMILES string of the molecule is C=Cc1ccc(NC(=O)C2CCCC2)cc1. The van der Waals surface area contributed by atoms with E-state index in [0.717, 1.165) is 24.1 Å². The lowest BCUT2D eigenvalue weighted by Gasteiger charge is -2.10. The van der Waals surface area contributed by atoms with Gasteiger partial charge in [-0.25, -0.2) is 0 Å². The van der Waals surface area contributed by atoms with E-state index in [9.17, 15) is 4.79 Å². The van der Waals surface area contributed by atoms with Crippen LogP contribution in [-0.2, 0) is 4.79 Å². The topological polar surface area (TPSA) is 29.1 Å². The van der Waals surface area contributed by atoms with Gasteiger partial charge in [-0.05, 0) is 30.5 Å². The molecule has 1 N–H and O–H groups in total. The second kappa shape index (κ2) is 4.97. The summed E-state index contributed by atoms with van der Waals surface area (Å²) < 4.78 is 0. The van der Waals surface area contributed by atoms with Gasteiger partial charge in [0.05, 0.1) is 0 Å². The zero-order valence-electron chi connectivity index (χ0n) is 9.41. The van der Waals surface area contributed by atoms with Crippen LogP contribution in [0.3, 0.4) is 0 Å². The molecule has 0 aromatic heterocycles. The molecule has 1 aliphatic rings. The monoisotopic (exact) mass is 215 g/mol. The first-order valence-corrected chi connectivity index (χ1v) is 5.83. The Kier molecular flexibility index (Phi) is 3.40. The highest BCUT2D eigenvalue weighted by Crippen LogP contribution is 2.26. The summed E-state index contributed by atoms with van der Waals surface area (Å²) in [6.07, 6.45) is 6.25. The van der Waals surface area contributed by atoms with Crippen LogP contribution in [0.1, 0.15) is 31.2 Å². The van der Waals surface area contributed by atoms with Crippen molar-refractivity contribution in [3.8, 4) is 0 Å². The van der Waals surface area contributed by atoms with Crippen LogP contribution in [0.5, 0.6) is 0 Å². The minimum Gasteiger partial charge on any atom is -0.326 e. The van der Waals surface area contributed by atoms with E-state index in [4.69, 9.17) is 0 Å². The van der Waals surface area contributed by atoms with E-state index >= 15 is 0 Å². The molecule has 2 rings (SSSR count). The molecular weight excluding hydrogens is 198 g/mol. The Morgan fingerprint density at radius 1 is 1.25 bits per heavy atom. The molecule has 1 amide bonds. The van der Waals surface area contributed by atoms with Gasteiger partial charge in [-0.2, -0.15) is 0 Å². The first-order valence-electron chi connectivity index (χ1n) is 5.83. The molecular formula is C14H17NO. The lowest BCUT2D eigenvalue weighted by Crippen LogP contribution is -2.20. The van der Waals surface area contributed by atoms with Crippen LogP contribution in [0.25, 0.3) is 6.08 Å². The minimum atomic E-state index is 0.170. The van der Waals surface area contributed by atoms with Crippen molar-refractivity contribution in [3.63, 3.8) is 0 Å². The molecule has 0 radical (unpaired) electrons. The number of benzene rings is 1. The van der Waals surface area contributed by atoms with E-state index in [0.29, 0.717) is 0 Å². The second-order valence-electron chi connectivity index (χ2n) is 4.30. The van der Waals surface area contributed by atoms with Crippen LogP contribution in [0.15, 0.2) is 30.8 Å². The van der Waals surface area contributed by atoms with Crippen molar-refractivity contribution in [1.82, 2.24) is 0 Å². The van der Waals surface area contributed by atoms with Crippen molar-refractivity contribution < 1.29 is 4.79 Å². The Labute approximate surface area is 96.4 Å². The molecule has 2 heteroatoms. The first-order chi connectivity index (χ1) is 7.79. The summed E-state index contributed by atoms with van der Waals surface area (Å²) in [5, 5.41) is 2.96. The molecule has 0 aliphatic heterocycles. The zero-order chi connectivity index (χ0) is 11.4. The van der Waals surface area contributed by atoms with Gasteiger partial charge in [0.25, 0.3) is 0 Å². The van der Waals surface area contributed by atoms with Crippen molar-refractivity contribution in [3.05, 3.63) is 36.4 Å². The molecule has 0 spiro atoms. The van der Waals surface area contributed by atoms with E-state index in [2.05, 4.69) is 11.9 Å². The van der Waals surface area contributed by atoms with Gasteiger partial charge in [0.15, 0.2) is 0 Å². The highest BCUT2D eigenvalue weighted by atomic mass is 16.1. The van der Waals surface area contributed by atoms with Gasteiger partial charge in [-0.15, -0.1) is 0 Å². The summed E-state index contributed by atoms with van der Waals surface area (Å²) in [7, 11) is 0. The molecule has 16 heavy (non-hydrogen) atoms. The van der Waals surface area contributed by atoms with Crippen LogP contribution in [-0.4, -0.2) is 5.91 Å². The molecule has 2 nitrogen and oxygen atoms in total. The van der Waals surface area contributed by atoms with Gasteiger partial charge < -0.3 is 5.32 Å². The standard InChI is InChI=1S/C14H17NO/c1-2-11-7-9-13(10-8-11)15-14(16)12-5-3-4-6-12/h2,7-10,12H,1,3-6H2,(H,15,16). The van der Waals surface area contributed by atoms with E-state index in [1.54, 1.807) is 6.08 Å². The van der Waals surface area contributed by atoms with Crippen molar-refractivity contribution >= 4 is 17.7 Å². The number of carbonyl (C=O) groups excluding carboxylic acids is 1. The van der Waals surface area contributed by atoms with Crippen molar-refractivity contribution in [2.75, 3.05) is 5.32 Å². The van der Waals surface area contributed by atoms with Crippen LogP contribution in [0.4, 0.5) is 5.69 Å². The third kappa shape index (κ3) is 2.51. The van der Waals surface area contributed by atoms with Crippen molar-refractivity contribution in [2.24, 2.45) is 5.92 Å². The number of hydrogen-bond acceptors (Lipinski definition) is 1. The molecule has 0 bridgehead atoms. The molecule has 1 fully saturated rings. The second-order valence-corrected chi connectivity index (χ2v) is 4.30. The predicted octanol–water partition coefficient (Wildman–Crippen LogP) is 3.46. The number of nitrogens with one attached hydrogen (secondary N) is 1. The number of carbonyl (C=O) groups is 1. The largest absolute Gasteiger partial charge is 0.326 e. The van der Waals surface area contributed by atoms with E-state index in [1.165, 1.54) is 12.8 Å². The lowest BCUT2D eigenvalue weighted by molar-refractivity contribution is -0.119. The summed E-state index contributed by atoms with van der Waals surface area (Å²) in [6, 6.07) is 7.75. The summed E-state index contributed by atoms with van der Waals surface area (Å²) >= 11 is 0. The van der Waals surface area contributed by atoms with Gasteiger partial charge in [0, 0.05) is 11.6 Å². The highest BCUT2D eigenvalue weighted by Gasteiger charge is 2.22. The molecule has 84 valence electrons. The first kappa shape index (κ1) is 10.9. The molecule has 0 heterocycles. The van der Waals surface area contributed by atoms with Crippen molar-refractivity contribution in [2.45, 2.75) is 25.7 Å². The van der Waals surface area contributed by atoms with E-state index < -0.39 is 0 Å². The van der Waals surface area contributed by atoms with Crippen molar-refractivity contribution in [1.29, 1.82) is 0 Å². The maximum atomic E-state index is 11.8. The molecule has 0 unspecified atom stereocenters. The lowest BCUT2D eigenvalue weighted by atomic mass is 10.1. The quantitative estimate of drug-likeness (QED) is 0.822. The minimum absolute atomic E-state index is 0.170. The summed E-state index contributed by atoms with van der Waals surface area (Å²) in [5.41, 5.74) is 1.95. The van der Waals surface area contributed by atoms with Crippen LogP contribution in [0, 0.1) is 5.92 Å². The number of anilines is 1. The Hall–Kier alpha value is -1.57.